The maximum atomic E-state index is 12.5. The van der Waals surface area contributed by atoms with Gasteiger partial charge in [0.2, 0.25) is 0 Å². The number of hydrogen-bond donors (Lipinski definition) is 3. The van der Waals surface area contributed by atoms with Crippen molar-refractivity contribution < 1.29 is 9.59 Å². The number of hydrogen-bond acceptors (Lipinski definition) is 5. The van der Waals surface area contributed by atoms with Gasteiger partial charge in [-0.15, -0.1) is 0 Å². The number of aromatic nitrogens is 2. The molecule has 0 aliphatic heterocycles. The van der Waals surface area contributed by atoms with Gasteiger partial charge in [0.15, 0.2) is 0 Å². The van der Waals surface area contributed by atoms with E-state index in [2.05, 4.69) is 36.5 Å². The van der Waals surface area contributed by atoms with Crippen molar-refractivity contribution in [2.24, 2.45) is 5.73 Å². The van der Waals surface area contributed by atoms with E-state index in [1.807, 2.05) is 49.4 Å². The second-order valence-corrected chi connectivity index (χ2v) is 8.16. The SMILES string of the molecule is CC(Nc1ncnc2c(C(N)=O)cccc12)c1cccc(NC(=O)c2ccc(Br)cc2)c1. The number of benzene rings is 3. The highest BCUT2D eigenvalue weighted by Crippen LogP contribution is 2.27. The van der Waals surface area contributed by atoms with Gasteiger partial charge in [0.05, 0.1) is 17.1 Å². The van der Waals surface area contributed by atoms with E-state index >= 15 is 0 Å². The maximum Gasteiger partial charge on any atom is 0.255 e. The van der Waals surface area contributed by atoms with Crippen LogP contribution in [0.1, 0.15) is 39.2 Å². The Morgan fingerprint density at radius 1 is 1.00 bits per heavy atom. The van der Waals surface area contributed by atoms with Crippen molar-refractivity contribution in [2.45, 2.75) is 13.0 Å². The van der Waals surface area contributed by atoms with E-state index in [1.165, 1.54) is 6.33 Å². The van der Waals surface area contributed by atoms with Crippen molar-refractivity contribution in [1.29, 1.82) is 0 Å². The number of anilines is 2. The van der Waals surface area contributed by atoms with Gasteiger partial charge >= 0.3 is 0 Å². The minimum Gasteiger partial charge on any atom is -0.366 e. The van der Waals surface area contributed by atoms with Crippen LogP contribution in [0.4, 0.5) is 11.5 Å². The Morgan fingerprint density at radius 3 is 2.50 bits per heavy atom. The fraction of sp³-hybridized carbons (Fsp3) is 0.0833. The Morgan fingerprint density at radius 2 is 1.75 bits per heavy atom. The molecule has 2 amide bonds. The number of nitrogens with zero attached hydrogens (tertiary/aromatic N) is 2. The van der Waals surface area contributed by atoms with Gasteiger partial charge in [-0.05, 0) is 61.0 Å². The zero-order chi connectivity index (χ0) is 22.7. The summed E-state index contributed by atoms with van der Waals surface area (Å²) in [6.07, 6.45) is 1.40. The van der Waals surface area contributed by atoms with E-state index in [1.54, 1.807) is 24.3 Å². The second-order valence-electron chi connectivity index (χ2n) is 7.24. The fourth-order valence-electron chi connectivity index (χ4n) is 3.38. The Hall–Kier alpha value is -3.78. The minimum absolute atomic E-state index is 0.130. The van der Waals surface area contributed by atoms with Crippen molar-refractivity contribution in [3.63, 3.8) is 0 Å². The molecular weight excluding hydrogens is 470 g/mol. The summed E-state index contributed by atoms with van der Waals surface area (Å²) in [6, 6.07) is 19.9. The molecule has 0 aliphatic rings. The summed E-state index contributed by atoms with van der Waals surface area (Å²) < 4.78 is 0.913. The van der Waals surface area contributed by atoms with Crippen LogP contribution in [0, 0.1) is 0 Å². The highest BCUT2D eigenvalue weighted by atomic mass is 79.9. The van der Waals surface area contributed by atoms with Gasteiger partial charge in [0, 0.05) is 21.1 Å². The first kappa shape index (κ1) is 21.5. The molecule has 0 fully saturated rings. The summed E-state index contributed by atoms with van der Waals surface area (Å²) in [5, 5.41) is 7.00. The van der Waals surface area contributed by atoms with Gasteiger partial charge < -0.3 is 16.4 Å². The molecule has 160 valence electrons. The summed E-state index contributed by atoms with van der Waals surface area (Å²) in [5.41, 5.74) is 8.53. The van der Waals surface area contributed by atoms with Crippen LogP contribution >= 0.6 is 15.9 Å². The van der Waals surface area contributed by atoms with Gasteiger partial charge in [-0.2, -0.15) is 0 Å². The number of nitrogens with one attached hydrogen (secondary N) is 2. The number of primary amides is 1. The van der Waals surface area contributed by atoms with Crippen molar-refractivity contribution in [1.82, 2.24) is 9.97 Å². The van der Waals surface area contributed by atoms with Crippen LogP contribution in [0.5, 0.6) is 0 Å². The molecule has 1 unspecified atom stereocenters. The molecule has 0 radical (unpaired) electrons. The molecule has 0 saturated carbocycles. The molecule has 7 nitrogen and oxygen atoms in total. The number of para-hydroxylation sites is 1. The normalized spacial score (nSPS) is 11.7. The Balaban J connectivity index is 1.55. The Labute approximate surface area is 193 Å². The van der Waals surface area contributed by atoms with Crippen LogP contribution in [0.15, 0.2) is 77.5 Å². The van der Waals surface area contributed by atoms with E-state index < -0.39 is 5.91 Å². The van der Waals surface area contributed by atoms with Crippen LogP contribution in [-0.4, -0.2) is 21.8 Å². The number of carbonyl (C=O) groups is 2. The third-order valence-corrected chi connectivity index (χ3v) is 5.56. The van der Waals surface area contributed by atoms with Crippen LogP contribution < -0.4 is 16.4 Å². The van der Waals surface area contributed by atoms with E-state index in [-0.39, 0.29) is 11.9 Å². The van der Waals surface area contributed by atoms with Crippen LogP contribution in [0.3, 0.4) is 0 Å². The van der Waals surface area contributed by atoms with E-state index in [0.717, 1.165) is 10.0 Å². The molecule has 32 heavy (non-hydrogen) atoms. The number of rotatable bonds is 6. The maximum absolute atomic E-state index is 12.5. The summed E-state index contributed by atoms with van der Waals surface area (Å²) >= 11 is 3.37. The van der Waals surface area contributed by atoms with Crippen LogP contribution in [-0.2, 0) is 0 Å². The predicted molar refractivity (Wildman–Crippen MR) is 129 cm³/mol. The summed E-state index contributed by atoms with van der Waals surface area (Å²) in [7, 11) is 0. The predicted octanol–water partition coefficient (Wildman–Crippen LogP) is 4.92. The third-order valence-electron chi connectivity index (χ3n) is 5.03. The average molecular weight is 490 g/mol. The molecule has 0 saturated heterocycles. The molecule has 4 rings (SSSR count). The lowest BCUT2D eigenvalue weighted by atomic mass is 10.1. The Kier molecular flexibility index (Phi) is 6.13. The quantitative estimate of drug-likeness (QED) is 0.356. The van der Waals surface area contributed by atoms with Crippen LogP contribution in [0.25, 0.3) is 10.9 Å². The first-order chi connectivity index (χ1) is 15.4. The monoisotopic (exact) mass is 489 g/mol. The zero-order valence-corrected chi connectivity index (χ0v) is 18.8. The first-order valence-corrected chi connectivity index (χ1v) is 10.7. The number of fused-ring (bicyclic) bond motifs is 1. The van der Waals surface area contributed by atoms with Crippen molar-refractivity contribution in [3.05, 3.63) is 94.2 Å². The van der Waals surface area contributed by atoms with Gasteiger partial charge in [0.1, 0.15) is 12.1 Å². The molecule has 4 aromatic rings. The topological polar surface area (TPSA) is 110 Å². The molecule has 0 spiro atoms. The number of nitrogens with two attached hydrogens (primary N) is 1. The molecule has 1 aromatic heterocycles. The van der Waals surface area contributed by atoms with Gasteiger partial charge in [-0.3, -0.25) is 9.59 Å². The lowest BCUT2D eigenvalue weighted by Crippen LogP contribution is -2.14. The molecule has 1 atom stereocenters. The van der Waals surface area contributed by atoms with E-state index in [9.17, 15) is 9.59 Å². The first-order valence-electron chi connectivity index (χ1n) is 9.89. The van der Waals surface area contributed by atoms with Gasteiger partial charge in [-0.1, -0.05) is 34.1 Å². The highest BCUT2D eigenvalue weighted by molar-refractivity contribution is 9.10. The molecule has 8 heteroatoms. The largest absolute Gasteiger partial charge is 0.366 e. The summed E-state index contributed by atoms with van der Waals surface area (Å²) in [5.74, 6) is -0.131. The zero-order valence-electron chi connectivity index (χ0n) is 17.2. The molecule has 3 aromatic carbocycles. The summed E-state index contributed by atoms with van der Waals surface area (Å²) in [6.45, 7) is 1.99. The summed E-state index contributed by atoms with van der Waals surface area (Å²) in [4.78, 5) is 32.8. The standard InChI is InChI=1S/C24H20BrN5O2/c1-14(29-23-20-7-3-6-19(22(26)31)21(20)27-13-28-23)16-4-2-5-18(12-16)30-24(32)15-8-10-17(25)11-9-15/h2-14H,1H3,(H2,26,31)(H,30,32)(H,27,28,29). The number of carbonyl (C=O) groups excluding carboxylic acids is 2. The second kappa shape index (κ2) is 9.15. The van der Waals surface area contributed by atoms with Gasteiger partial charge in [-0.25, -0.2) is 9.97 Å². The van der Waals surface area contributed by atoms with Crippen molar-refractivity contribution in [2.75, 3.05) is 10.6 Å². The number of amides is 2. The lowest BCUT2D eigenvalue weighted by Gasteiger charge is -2.17. The molecule has 0 bridgehead atoms. The third kappa shape index (κ3) is 4.60. The number of halogens is 1. The van der Waals surface area contributed by atoms with Crippen molar-refractivity contribution in [3.8, 4) is 0 Å². The highest BCUT2D eigenvalue weighted by Gasteiger charge is 2.14. The smallest absolute Gasteiger partial charge is 0.255 e. The Bertz CT molecular complexity index is 1310. The fourth-order valence-corrected chi connectivity index (χ4v) is 3.64. The molecular formula is C24H20BrN5O2. The van der Waals surface area contributed by atoms with Crippen molar-refractivity contribution >= 4 is 50.2 Å². The van der Waals surface area contributed by atoms with E-state index in [4.69, 9.17) is 5.73 Å². The van der Waals surface area contributed by atoms with E-state index in [0.29, 0.717) is 33.5 Å². The average Bonchev–Trinajstić information content (AvgIpc) is 2.79. The molecule has 4 N–H and O–H groups in total. The molecule has 0 aliphatic carbocycles. The van der Waals surface area contributed by atoms with Crippen LogP contribution in [0.2, 0.25) is 0 Å². The lowest BCUT2D eigenvalue weighted by molar-refractivity contribution is 0.0999. The minimum atomic E-state index is -0.539. The van der Waals surface area contributed by atoms with Gasteiger partial charge in [0.25, 0.3) is 11.8 Å². The molecule has 1 heterocycles.